The Kier molecular flexibility index (Phi) is 4.21. The summed E-state index contributed by atoms with van der Waals surface area (Å²) in [5.41, 5.74) is 3.88. The highest BCUT2D eigenvalue weighted by Crippen LogP contribution is 2.21. The summed E-state index contributed by atoms with van der Waals surface area (Å²) in [6.07, 6.45) is 1.54. The summed E-state index contributed by atoms with van der Waals surface area (Å²) in [5, 5.41) is 23.7. The van der Waals surface area contributed by atoms with Crippen LogP contribution >= 0.6 is 0 Å². The largest absolute Gasteiger partial charge is 0.348 e. The number of aromatic amines is 2. The molecule has 0 radical (unpaired) electrons. The number of H-pyrrole nitrogens is 2. The minimum absolute atomic E-state index is 0.192. The van der Waals surface area contributed by atoms with Gasteiger partial charge in [-0.15, -0.1) is 10.2 Å². The summed E-state index contributed by atoms with van der Waals surface area (Å²) in [6, 6.07) is 17.2. The minimum Gasteiger partial charge on any atom is -0.348 e. The summed E-state index contributed by atoms with van der Waals surface area (Å²) >= 11 is 0. The lowest BCUT2D eigenvalue weighted by atomic mass is 10.1. The number of nitrogens with zero attached hydrogens (tertiary/aromatic N) is 4. The second-order valence-corrected chi connectivity index (χ2v) is 5.64. The van der Waals surface area contributed by atoms with Gasteiger partial charge in [-0.3, -0.25) is 9.89 Å². The molecule has 4 aromatic rings. The zero-order valence-corrected chi connectivity index (χ0v) is 13.7. The van der Waals surface area contributed by atoms with E-state index in [-0.39, 0.29) is 5.91 Å². The number of rotatable bonds is 5. The van der Waals surface area contributed by atoms with E-state index in [1.54, 1.807) is 0 Å². The molecule has 0 atom stereocenters. The molecule has 0 aliphatic heterocycles. The van der Waals surface area contributed by atoms with E-state index in [1.165, 1.54) is 6.20 Å². The molecule has 8 heteroatoms. The molecular weight excluding hydrogens is 330 g/mol. The number of carbonyl (C=O) groups is 1. The number of nitrogens with one attached hydrogen (secondary N) is 3. The van der Waals surface area contributed by atoms with E-state index < -0.39 is 0 Å². The van der Waals surface area contributed by atoms with E-state index >= 15 is 0 Å². The molecule has 8 nitrogen and oxygen atoms in total. The summed E-state index contributed by atoms with van der Waals surface area (Å²) in [6.45, 7) is 0.379. The maximum absolute atomic E-state index is 12.6. The Labute approximate surface area is 148 Å². The maximum atomic E-state index is 12.6. The lowest BCUT2D eigenvalue weighted by Crippen LogP contribution is -2.23. The molecule has 0 aliphatic carbocycles. The zero-order valence-electron chi connectivity index (χ0n) is 13.7. The van der Waals surface area contributed by atoms with Crippen LogP contribution in [0.15, 0.2) is 60.8 Å². The molecule has 0 fully saturated rings. The Morgan fingerprint density at radius 2 is 1.88 bits per heavy atom. The Morgan fingerprint density at radius 3 is 2.69 bits per heavy atom. The SMILES string of the molecule is O=C(NCc1cccc(-c2nn[nH]n2)c1)c1cn[nH]c1-c1ccccc1. The average Bonchev–Trinajstić information content (AvgIpc) is 3.39. The highest BCUT2D eigenvalue weighted by Gasteiger charge is 2.15. The number of carbonyl (C=O) groups excluding carboxylic acids is 1. The van der Waals surface area contributed by atoms with Crippen molar-refractivity contribution in [2.75, 3.05) is 0 Å². The molecule has 26 heavy (non-hydrogen) atoms. The van der Waals surface area contributed by atoms with Crippen LogP contribution in [-0.2, 0) is 6.54 Å². The number of benzene rings is 2. The van der Waals surface area contributed by atoms with Crippen LogP contribution in [-0.4, -0.2) is 36.7 Å². The van der Waals surface area contributed by atoms with Crippen LogP contribution in [0.25, 0.3) is 22.6 Å². The molecule has 2 aromatic carbocycles. The molecule has 0 aliphatic rings. The third-order valence-corrected chi connectivity index (χ3v) is 3.93. The van der Waals surface area contributed by atoms with Gasteiger partial charge in [0.05, 0.1) is 17.5 Å². The van der Waals surface area contributed by atoms with Gasteiger partial charge in [0.1, 0.15) is 0 Å². The summed E-state index contributed by atoms with van der Waals surface area (Å²) in [7, 11) is 0. The van der Waals surface area contributed by atoms with Gasteiger partial charge in [0.25, 0.3) is 5.91 Å². The lowest BCUT2D eigenvalue weighted by molar-refractivity contribution is 0.0951. The van der Waals surface area contributed by atoms with Gasteiger partial charge >= 0.3 is 0 Å². The van der Waals surface area contributed by atoms with Crippen molar-refractivity contribution in [1.82, 2.24) is 36.1 Å². The first-order chi connectivity index (χ1) is 12.8. The summed E-state index contributed by atoms with van der Waals surface area (Å²) in [5.74, 6) is 0.321. The summed E-state index contributed by atoms with van der Waals surface area (Å²) < 4.78 is 0. The molecule has 0 saturated carbocycles. The van der Waals surface area contributed by atoms with Gasteiger partial charge in [0.2, 0.25) is 5.82 Å². The smallest absolute Gasteiger partial charge is 0.255 e. The van der Waals surface area contributed by atoms with Gasteiger partial charge in [-0.2, -0.15) is 10.3 Å². The molecule has 1 amide bonds. The second kappa shape index (κ2) is 6.98. The fraction of sp³-hybridized carbons (Fsp3) is 0.0556. The van der Waals surface area contributed by atoms with Gasteiger partial charge in [-0.1, -0.05) is 48.5 Å². The van der Waals surface area contributed by atoms with E-state index in [9.17, 15) is 4.79 Å². The van der Waals surface area contributed by atoms with E-state index in [2.05, 4.69) is 36.1 Å². The normalized spacial score (nSPS) is 10.6. The number of hydrogen-bond donors (Lipinski definition) is 3. The van der Waals surface area contributed by atoms with Crippen LogP contribution in [0.4, 0.5) is 0 Å². The molecular formula is C18H15N7O. The van der Waals surface area contributed by atoms with Gasteiger partial charge in [0.15, 0.2) is 0 Å². The summed E-state index contributed by atoms with van der Waals surface area (Å²) in [4.78, 5) is 12.6. The van der Waals surface area contributed by atoms with Crippen molar-refractivity contribution in [3.05, 3.63) is 71.9 Å². The molecule has 4 rings (SSSR count). The topological polar surface area (TPSA) is 112 Å². The molecule has 0 spiro atoms. The maximum Gasteiger partial charge on any atom is 0.255 e. The highest BCUT2D eigenvalue weighted by atomic mass is 16.1. The first-order valence-electron chi connectivity index (χ1n) is 8.01. The van der Waals surface area contributed by atoms with E-state index in [0.717, 1.165) is 16.7 Å². The van der Waals surface area contributed by atoms with E-state index in [4.69, 9.17) is 0 Å². The van der Waals surface area contributed by atoms with Gasteiger partial charge < -0.3 is 5.32 Å². The van der Waals surface area contributed by atoms with Crippen molar-refractivity contribution in [2.24, 2.45) is 0 Å². The number of aromatic nitrogens is 6. The van der Waals surface area contributed by atoms with E-state index in [1.807, 2.05) is 54.6 Å². The first kappa shape index (κ1) is 15.7. The van der Waals surface area contributed by atoms with Crippen LogP contribution in [0, 0.1) is 0 Å². The molecule has 128 valence electrons. The monoisotopic (exact) mass is 345 g/mol. The molecule has 2 aromatic heterocycles. The molecule has 3 N–H and O–H groups in total. The predicted octanol–water partition coefficient (Wildman–Crippen LogP) is 2.19. The first-order valence-corrected chi connectivity index (χ1v) is 8.01. The number of hydrogen-bond acceptors (Lipinski definition) is 5. The Morgan fingerprint density at radius 1 is 1.04 bits per heavy atom. The molecule has 0 saturated heterocycles. The molecule has 0 bridgehead atoms. The Hall–Kier alpha value is -3.81. The second-order valence-electron chi connectivity index (χ2n) is 5.64. The van der Waals surface area contributed by atoms with Crippen molar-refractivity contribution in [3.8, 4) is 22.6 Å². The van der Waals surface area contributed by atoms with Crippen molar-refractivity contribution in [3.63, 3.8) is 0 Å². The van der Waals surface area contributed by atoms with Crippen molar-refractivity contribution >= 4 is 5.91 Å². The van der Waals surface area contributed by atoms with Crippen LogP contribution in [0.5, 0.6) is 0 Å². The van der Waals surface area contributed by atoms with Crippen LogP contribution < -0.4 is 5.32 Å². The minimum atomic E-state index is -0.192. The lowest BCUT2D eigenvalue weighted by Gasteiger charge is -2.07. The van der Waals surface area contributed by atoms with Crippen molar-refractivity contribution < 1.29 is 4.79 Å². The van der Waals surface area contributed by atoms with Crippen LogP contribution in [0.2, 0.25) is 0 Å². The van der Waals surface area contributed by atoms with E-state index in [0.29, 0.717) is 23.6 Å². The third kappa shape index (κ3) is 3.20. The van der Waals surface area contributed by atoms with Gasteiger partial charge in [0, 0.05) is 17.7 Å². The van der Waals surface area contributed by atoms with Crippen molar-refractivity contribution in [2.45, 2.75) is 6.54 Å². The Balaban J connectivity index is 1.49. The standard InChI is InChI=1S/C18H15N7O/c26-18(15-11-20-21-16(15)13-6-2-1-3-7-13)19-10-12-5-4-8-14(9-12)17-22-24-25-23-17/h1-9,11H,10H2,(H,19,26)(H,20,21)(H,22,23,24,25). The van der Waals surface area contributed by atoms with Crippen LogP contribution in [0.3, 0.4) is 0 Å². The van der Waals surface area contributed by atoms with Gasteiger partial charge in [-0.25, -0.2) is 0 Å². The van der Waals surface area contributed by atoms with Crippen LogP contribution in [0.1, 0.15) is 15.9 Å². The molecule has 0 unspecified atom stereocenters. The predicted molar refractivity (Wildman–Crippen MR) is 94.8 cm³/mol. The van der Waals surface area contributed by atoms with Crippen molar-refractivity contribution in [1.29, 1.82) is 0 Å². The average molecular weight is 345 g/mol. The highest BCUT2D eigenvalue weighted by molar-refractivity contribution is 5.99. The number of amides is 1. The van der Waals surface area contributed by atoms with Gasteiger partial charge in [-0.05, 0) is 16.8 Å². The fourth-order valence-electron chi connectivity index (χ4n) is 2.67. The zero-order chi connectivity index (χ0) is 17.8. The number of tetrazole rings is 1. The fourth-order valence-corrected chi connectivity index (χ4v) is 2.67. The Bertz CT molecular complexity index is 1010. The quantitative estimate of drug-likeness (QED) is 0.513. The third-order valence-electron chi connectivity index (χ3n) is 3.93. The molecule has 2 heterocycles.